The minimum atomic E-state index is -4.61. The van der Waals surface area contributed by atoms with Crippen LogP contribution in [-0.4, -0.2) is 22.7 Å². The molecule has 2 N–H and O–H groups in total. The molecule has 1 aliphatic carbocycles. The van der Waals surface area contributed by atoms with Crippen LogP contribution in [-0.2, 0) is 6.18 Å². The van der Waals surface area contributed by atoms with Crippen LogP contribution in [0.3, 0.4) is 0 Å². The number of anilines is 4. The van der Waals surface area contributed by atoms with Gasteiger partial charge in [0, 0.05) is 17.6 Å². The molecule has 4 rings (SSSR count). The normalized spacial score (nSPS) is 14.4. The summed E-state index contributed by atoms with van der Waals surface area (Å²) < 4.78 is 52.3. The van der Waals surface area contributed by atoms with Crippen LogP contribution in [0.2, 0.25) is 0 Å². The average molecular weight is 487 g/mol. The lowest BCUT2D eigenvalue weighted by Crippen LogP contribution is -2.19. The largest absolute Gasteiger partial charge is 0.494 e. The van der Waals surface area contributed by atoms with Crippen molar-refractivity contribution in [1.29, 1.82) is 0 Å². The van der Waals surface area contributed by atoms with Crippen molar-refractivity contribution >= 4 is 23.1 Å². The molecule has 2 aromatic carbocycles. The van der Waals surface area contributed by atoms with Crippen LogP contribution in [0.5, 0.6) is 11.5 Å². The van der Waals surface area contributed by atoms with Gasteiger partial charge in [-0.05, 0) is 80.6 Å². The van der Waals surface area contributed by atoms with Gasteiger partial charge in [-0.2, -0.15) is 18.2 Å². The van der Waals surface area contributed by atoms with Gasteiger partial charge in [-0.25, -0.2) is 4.98 Å². The maximum absolute atomic E-state index is 13.6. The first-order valence-electron chi connectivity index (χ1n) is 11.9. The second kappa shape index (κ2) is 11.3. The second-order valence-corrected chi connectivity index (χ2v) is 8.48. The van der Waals surface area contributed by atoms with Crippen LogP contribution >= 0.6 is 0 Å². The zero-order valence-corrected chi connectivity index (χ0v) is 19.6. The van der Waals surface area contributed by atoms with Gasteiger partial charge >= 0.3 is 6.18 Å². The Kier molecular flexibility index (Phi) is 7.94. The number of ether oxygens (including phenoxy) is 2. The number of hydrogen-bond acceptors (Lipinski definition) is 6. The second-order valence-electron chi connectivity index (χ2n) is 8.48. The first-order valence-corrected chi connectivity index (χ1v) is 11.9. The highest BCUT2D eigenvalue weighted by Gasteiger charge is 2.35. The molecule has 0 spiro atoms. The average Bonchev–Trinajstić information content (AvgIpc) is 2.85. The quantitative estimate of drug-likeness (QED) is 0.327. The summed E-state index contributed by atoms with van der Waals surface area (Å²) in [4.78, 5) is 7.98. The molecule has 0 atom stereocenters. The van der Waals surface area contributed by atoms with E-state index in [2.05, 4.69) is 20.6 Å². The van der Waals surface area contributed by atoms with E-state index >= 15 is 0 Å². The van der Waals surface area contributed by atoms with Gasteiger partial charge < -0.3 is 20.1 Å². The Bertz CT molecular complexity index is 1080. The Morgan fingerprint density at radius 2 is 1.51 bits per heavy atom. The predicted molar refractivity (Wildman–Crippen MR) is 130 cm³/mol. The van der Waals surface area contributed by atoms with Gasteiger partial charge in [-0.3, -0.25) is 0 Å². The number of nitrogens with one attached hydrogen (secondary N) is 2. The Labute approximate surface area is 202 Å². The van der Waals surface area contributed by atoms with E-state index in [9.17, 15) is 13.2 Å². The molecule has 1 aromatic heterocycles. The maximum atomic E-state index is 13.6. The van der Waals surface area contributed by atoms with Gasteiger partial charge in [0.05, 0.1) is 12.7 Å². The minimum absolute atomic E-state index is 0.0457. The topological polar surface area (TPSA) is 68.3 Å². The van der Waals surface area contributed by atoms with Crippen LogP contribution in [0.15, 0.2) is 54.7 Å². The fourth-order valence-electron chi connectivity index (χ4n) is 3.86. The van der Waals surface area contributed by atoms with Crippen molar-refractivity contribution in [3.05, 3.63) is 60.3 Å². The molecule has 1 aliphatic rings. The summed E-state index contributed by atoms with van der Waals surface area (Å²) in [5.74, 6) is 1.12. The van der Waals surface area contributed by atoms with Gasteiger partial charge in [-0.15, -0.1) is 0 Å². The summed E-state index contributed by atoms with van der Waals surface area (Å²) in [6.07, 6.45) is 3.01. The summed E-state index contributed by atoms with van der Waals surface area (Å²) >= 11 is 0. The first-order chi connectivity index (χ1) is 16.9. The van der Waals surface area contributed by atoms with Crippen molar-refractivity contribution in [2.45, 2.75) is 57.7 Å². The van der Waals surface area contributed by atoms with Crippen LogP contribution in [0.4, 0.5) is 36.3 Å². The molecular weight excluding hydrogens is 457 g/mol. The number of hydrogen-bond donors (Lipinski definition) is 2. The zero-order chi connectivity index (χ0) is 24.7. The van der Waals surface area contributed by atoms with Crippen molar-refractivity contribution < 1.29 is 22.6 Å². The van der Waals surface area contributed by atoms with Gasteiger partial charge in [-0.1, -0.05) is 13.3 Å². The molecule has 0 aliphatic heterocycles. The summed E-state index contributed by atoms with van der Waals surface area (Å²) in [6.45, 7) is 2.56. The van der Waals surface area contributed by atoms with Gasteiger partial charge in [0.25, 0.3) is 0 Å². The van der Waals surface area contributed by atoms with Crippen LogP contribution in [0, 0.1) is 0 Å². The van der Waals surface area contributed by atoms with Crippen molar-refractivity contribution in [3.8, 4) is 11.5 Å². The molecular formula is C26H29F3N4O2. The number of halogens is 3. The number of rotatable bonds is 9. The summed E-state index contributed by atoms with van der Waals surface area (Å²) in [6, 6.07) is 13.9. The highest BCUT2D eigenvalue weighted by Crippen LogP contribution is 2.35. The van der Waals surface area contributed by atoms with E-state index in [1.165, 1.54) is 19.3 Å². The van der Waals surface area contributed by atoms with Crippen molar-refractivity contribution in [2.24, 2.45) is 0 Å². The third-order valence-corrected chi connectivity index (χ3v) is 5.65. The van der Waals surface area contributed by atoms with E-state index in [-0.39, 0.29) is 17.9 Å². The lowest BCUT2D eigenvalue weighted by atomic mass is 9.98. The molecule has 0 radical (unpaired) electrons. The maximum Gasteiger partial charge on any atom is 0.421 e. The van der Waals surface area contributed by atoms with Crippen molar-refractivity contribution in [3.63, 3.8) is 0 Å². The Morgan fingerprint density at radius 1 is 0.886 bits per heavy atom. The van der Waals surface area contributed by atoms with E-state index < -0.39 is 11.7 Å². The van der Waals surface area contributed by atoms with Gasteiger partial charge in [0.1, 0.15) is 22.9 Å². The molecule has 35 heavy (non-hydrogen) atoms. The Balaban J connectivity index is 1.47. The summed E-state index contributed by atoms with van der Waals surface area (Å²) in [7, 11) is 0. The number of aromatic nitrogens is 2. The number of nitrogens with zero attached hydrogens (tertiary/aromatic N) is 2. The molecule has 1 fully saturated rings. The number of alkyl halides is 3. The smallest absolute Gasteiger partial charge is 0.421 e. The molecule has 0 bridgehead atoms. The number of benzene rings is 2. The Morgan fingerprint density at radius 3 is 2.14 bits per heavy atom. The monoisotopic (exact) mass is 486 g/mol. The molecule has 0 unspecified atom stereocenters. The highest BCUT2D eigenvalue weighted by atomic mass is 19.4. The standard InChI is InChI=1S/C26H29F3N4O2/c1-2-16-34-20-12-8-18(9-13-20)31-24-23(26(27,28)29)17-30-25(33-24)32-19-10-14-22(15-11-19)35-21-6-4-3-5-7-21/h8-15,17,21H,2-7,16H2,1H3,(H2,30,31,32,33). The van der Waals surface area contributed by atoms with E-state index in [1.54, 1.807) is 36.4 Å². The molecule has 9 heteroatoms. The first kappa shape index (κ1) is 24.6. The summed E-state index contributed by atoms with van der Waals surface area (Å²) in [5.41, 5.74) is 0.142. The molecule has 1 saturated carbocycles. The van der Waals surface area contributed by atoms with Crippen LogP contribution < -0.4 is 20.1 Å². The van der Waals surface area contributed by atoms with Gasteiger partial charge in [0.15, 0.2) is 0 Å². The zero-order valence-electron chi connectivity index (χ0n) is 19.6. The molecule has 0 amide bonds. The SMILES string of the molecule is CCCOc1ccc(Nc2nc(Nc3ccc(OC4CCCCC4)cc3)ncc2C(F)(F)F)cc1. The Hall–Kier alpha value is -3.49. The highest BCUT2D eigenvalue weighted by molar-refractivity contribution is 5.63. The third kappa shape index (κ3) is 7.00. The lowest BCUT2D eigenvalue weighted by Gasteiger charge is -2.23. The van der Waals surface area contributed by atoms with Crippen LogP contribution in [0.1, 0.15) is 51.0 Å². The van der Waals surface area contributed by atoms with E-state index in [0.29, 0.717) is 23.7 Å². The fraction of sp³-hybridized carbons (Fsp3) is 0.385. The van der Waals surface area contributed by atoms with Gasteiger partial charge in [0.2, 0.25) is 5.95 Å². The van der Waals surface area contributed by atoms with Crippen molar-refractivity contribution in [2.75, 3.05) is 17.2 Å². The predicted octanol–water partition coefficient (Wildman–Crippen LogP) is 7.48. The van der Waals surface area contributed by atoms with Crippen molar-refractivity contribution in [1.82, 2.24) is 9.97 Å². The molecule has 3 aromatic rings. The minimum Gasteiger partial charge on any atom is -0.494 e. The summed E-state index contributed by atoms with van der Waals surface area (Å²) in [5, 5.41) is 5.72. The van der Waals surface area contributed by atoms with E-state index in [4.69, 9.17) is 9.47 Å². The lowest BCUT2D eigenvalue weighted by molar-refractivity contribution is -0.137. The third-order valence-electron chi connectivity index (χ3n) is 5.65. The van der Waals surface area contributed by atoms with Crippen LogP contribution in [0.25, 0.3) is 0 Å². The molecule has 1 heterocycles. The van der Waals surface area contributed by atoms with E-state index in [1.807, 2.05) is 19.1 Å². The molecule has 186 valence electrons. The molecule has 6 nitrogen and oxygen atoms in total. The molecule has 0 saturated heterocycles. The fourth-order valence-corrected chi connectivity index (χ4v) is 3.86. The van der Waals surface area contributed by atoms with E-state index in [0.717, 1.165) is 31.2 Å².